The molecule has 1 aliphatic rings. The Hall–Kier alpha value is -2.58. The molecule has 9 heteroatoms. The number of esters is 3. The number of halogens is 3. The lowest BCUT2D eigenvalue weighted by Gasteiger charge is -2.27. The molecule has 0 heterocycles. The molecule has 1 aliphatic carbocycles. The van der Waals surface area contributed by atoms with Gasteiger partial charge in [-0.2, -0.15) is 0 Å². The van der Waals surface area contributed by atoms with Gasteiger partial charge in [-0.25, -0.2) is 18.0 Å². The highest BCUT2D eigenvalue weighted by Gasteiger charge is 2.71. The van der Waals surface area contributed by atoms with Gasteiger partial charge in [0.15, 0.2) is 17.0 Å². The summed E-state index contributed by atoms with van der Waals surface area (Å²) in [6.07, 6.45) is -0.330. The van der Waals surface area contributed by atoms with Crippen molar-refractivity contribution in [2.45, 2.75) is 72.0 Å². The SMILES string of the molecule is CCOC(=O)c1cc(F)c(C2CC2(C(=O)OC(C)(C)C)C(=O)OC(C)(C)C)c(F)c1F. The average Bonchev–Trinajstić information content (AvgIpc) is 3.32. The topological polar surface area (TPSA) is 78.9 Å². The lowest BCUT2D eigenvalue weighted by atomic mass is 9.96. The van der Waals surface area contributed by atoms with Gasteiger partial charge in [0.2, 0.25) is 0 Å². The summed E-state index contributed by atoms with van der Waals surface area (Å²) in [5.41, 5.74) is -5.74. The predicted octanol–water partition coefficient (Wildman–Crippen LogP) is 4.44. The van der Waals surface area contributed by atoms with Gasteiger partial charge in [0.25, 0.3) is 0 Å². The van der Waals surface area contributed by atoms with E-state index in [1.165, 1.54) is 6.92 Å². The maximum absolute atomic E-state index is 14.8. The Kier molecular flexibility index (Phi) is 6.50. The summed E-state index contributed by atoms with van der Waals surface area (Å²) < 4.78 is 59.4. The molecule has 0 N–H and O–H groups in total. The fourth-order valence-electron chi connectivity index (χ4n) is 3.17. The van der Waals surface area contributed by atoms with Crippen molar-refractivity contribution in [2.75, 3.05) is 6.61 Å². The normalized spacial score (nSPS) is 17.7. The summed E-state index contributed by atoms with van der Waals surface area (Å²) in [6, 6.07) is 0.499. The quantitative estimate of drug-likeness (QED) is 0.289. The molecule has 0 aromatic heterocycles. The van der Waals surface area contributed by atoms with Gasteiger partial charge in [-0.1, -0.05) is 0 Å². The van der Waals surface area contributed by atoms with E-state index in [1.807, 2.05) is 0 Å². The third-order valence-electron chi connectivity index (χ3n) is 4.52. The fraction of sp³-hybridized carbons (Fsp3) is 0.591. The average molecular weight is 444 g/mol. The molecule has 2 rings (SSSR count). The van der Waals surface area contributed by atoms with Crippen LogP contribution in [-0.2, 0) is 23.8 Å². The molecule has 0 aliphatic heterocycles. The Labute approximate surface area is 179 Å². The van der Waals surface area contributed by atoms with Crippen molar-refractivity contribution in [1.82, 2.24) is 0 Å². The monoisotopic (exact) mass is 444 g/mol. The zero-order valence-corrected chi connectivity index (χ0v) is 18.7. The number of carbonyl (C=O) groups excluding carboxylic acids is 3. The molecule has 1 aromatic carbocycles. The predicted molar refractivity (Wildman–Crippen MR) is 104 cm³/mol. The molecule has 0 amide bonds. The van der Waals surface area contributed by atoms with Crippen molar-refractivity contribution in [1.29, 1.82) is 0 Å². The van der Waals surface area contributed by atoms with Gasteiger partial charge < -0.3 is 14.2 Å². The molecule has 1 fully saturated rings. The van der Waals surface area contributed by atoms with Crippen LogP contribution in [0.15, 0.2) is 6.07 Å². The summed E-state index contributed by atoms with van der Waals surface area (Å²) in [7, 11) is 0. The van der Waals surface area contributed by atoms with Gasteiger partial charge >= 0.3 is 17.9 Å². The van der Waals surface area contributed by atoms with Crippen LogP contribution < -0.4 is 0 Å². The molecule has 1 unspecified atom stereocenters. The van der Waals surface area contributed by atoms with Crippen LogP contribution in [-0.4, -0.2) is 35.7 Å². The van der Waals surface area contributed by atoms with Crippen LogP contribution >= 0.6 is 0 Å². The Morgan fingerprint density at radius 1 is 0.968 bits per heavy atom. The number of hydrogen-bond acceptors (Lipinski definition) is 6. The summed E-state index contributed by atoms with van der Waals surface area (Å²) >= 11 is 0. The first-order chi connectivity index (χ1) is 14.0. The molecule has 172 valence electrons. The fourth-order valence-corrected chi connectivity index (χ4v) is 3.17. The number of ether oxygens (including phenoxy) is 3. The molecule has 0 saturated heterocycles. The van der Waals surface area contributed by atoms with Crippen LogP contribution in [0.25, 0.3) is 0 Å². The molecule has 0 spiro atoms. The smallest absolute Gasteiger partial charge is 0.341 e. The number of hydrogen-bond donors (Lipinski definition) is 0. The second-order valence-electron chi connectivity index (χ2n) is 9.40. The summed E-state index contributed by atoms with van der Waals surface area (Å²) in [4.78, 5) is 37.6. The third kappa shape index (κ3) is 5.02. The highest BCUT2D eigenvalue weighted by molar-refractivity contribution is 6.05. The first kappa shape index (κ1) is 24.7. The Balaban J connectivity index is 2.54. The highest BCUT2D eigenvalue weighted by Crippen LogP contribution is 2.62. The van der Waals surface area contributed by atoms with Crippen molar-refractivity contribution in [3.05, 3.63) is 34.6 Å². The van der Waals surface area contributed by atoms with Crippen LogP contribution in [0.4, 0.5) is 13.2 Å². The maximum Gasteiger partial charge on any atom is 0.341 e. The largest absolute Gasteiger partial charge is 0.462 e. The van der Waals surface area contributed by atoms with Gasteiger partial charge in [-0.05, 0) is 61.0 Å². The van der Waals surface area contributed by atoms with E-state index in [-0.39, 0.29) is 13.0 Å². The highest BCUT2D eigenvalue weighted by atomic mass is 19.2. The van der Waals surface area contributed by atoms with Crippen molar-refractivity contribution in [3.63, 3.8) is 0 Å². The molecule has 1 saturated carbocycles. The van der Waals surface area contributed by atoms with Crippen molar-refractivity contribution in [2.24, 2.45) is 5.41 Å². The molecule has 31 heavy (non-hydrogen) atoms. The van der Waals surface area contributed by atoms with Crippen LogP contribution in [0.2, 0.25) is 0 Å². The summed E-state index contributed by atoms with van der Waals surface area (Å²) in [5.74, 6) is -9.19. The molecule has 1 aromatic rings. The van der Waals surface area contributed by atoms with E-state index in [0.717, 1.165) is 0 Å². The Bertz CT molecular complexity index is 883. The van der Waals surface area contributed by atoms with E-state index in [4.69, 9.17) is 9.47 Å². The lowest BCUT2D eigenvalue weighted by Crippen LogP contribution is -2.39. The molecule has 6 nitrogen and oxygen atoms in total. The van der Waals surface area contributed by atoms with E-state index in [0.29, 0.717) is 6.07 Å². The standard InChI is InChI=1S/C22H27F3O6/c1-8-29-17(26)11-9-13(23)14(16(25)15(11)24)12-10-22(12,18(27)30-20(2,3)4)19(28)31-21(5,6)7/h9,12H,8,10H2,1-7H3. The molecular formula is C22H27F3O6. The number of carbonyl (C=O) groups is 3. The second kappa shape index (κ2) is 8.16. The lowest BCUT2D eigenvalue weighted by molar-refractivity contribution is -0.177. The molecular weight excluding hydrogens is 417 g/mol. The molecule has 0 bridgehead atoms. The number of rotatable bonds is 5. The van der Waals surface area contributed by atoms with E-state index < -0.39 is 69.0 Å². The Morgan fingerprint density at radius 3 is 1.87 bits per heavy atom. The van der Waals surface area contributed by atoms with Gasteiger partial charge in [0.1, 0.15) is 22.6 Å². The van der Waals surface area contributed by atoms with E-state index in [9.17, 15) is 27.6 Å². The van der Waals surface area contributed by atoms with Gasteiger partial charge in [-0.15, -0.1) is 0 Å². The van der Waals surface area contributed by atoms with Crippen LogP contribution in [0.5, 0.6) is 0 Å². The first-order valence-corrected chi connectivity index (χ1v) is 9.86. The van der Waals surface area contributed by atoms with E-state index in [1.54, 1.807) is 41.5 Å². The second-order valence-corrected chi connectivity index (χ2v) is 9.40. The zero-order valence-electron chi connectivity index (χ0n) is 18.7. The van der Waals surface area contributed by atoms with E-state index in [2.05, 4.69) is 4.74 Å². The van der Waals surface area contributed by atoms with Crippen LogP contribution in [0, 0.1) is 22.9 Å². The minimum absolute atomic E-state index is 0.119. The van der Waals surface area contributed by atoms with Gasteiger partial charge in [0, 0.05) is 11.5 Å². The first-order valence-electron chi connectivity index (χ1n) is 9.86. The Morgan fingerprint density at radius 2 is 1.45 bits per heavy atom. The van der Waals surface area contributed by atoms with Gasteiger partial charge in [-0.3, -0.25) is 9.59 Å². The van der Waals surface area contributed by atoms with Crippen LogP contribution in [0.1, 0.15) is 76.7 Å². The number of benzene rings is 1. The van der Waals surface area contributed by atoms with Crippen molar-refractivity contribution < 1.29 is 41.8 Å². The summed E-state index contributed by atoms with van der Waals surface area (Å²) in [5, 5.41) is 0. The van der Waals surface area contributed by atoms with Gasteiger partial charge in [0.05, 0.1) is 6.61 Å². The molecule has 0 radical (unpaired) electrons. The zero-order chi connectivity index (χ0) is 23.9. The maximum atomic E-state index is 14.8. The van der Waals surface area contributed by atoms with Crippen LogP contribution in [0.3, 0.4) is 0 Å². The molecule has 1 atom stereocenters. The third-order valence-corrected chi connectivity index (χ3v) is 4.52. The van der Waals surface area contributed by atoms with Crippen molar-refractivity contribution in [3.8, 4) is 0 Å². The summed E-state index contributed by atoms with van der Waals surface area (Å²) in [6.45, 7) is 10.8. The van der Waals surface area contributed by atoms with E-state index >= 15 is 0 Å². The minimum Gasteiger partial charge on any atom is -0.462 e. The minimum atomic E-state index is -2.03. The van der Waals surface area contributed by atoms with Crippen molar-refractivity contribution >= 4 is 17.9 Å².